The summed E-state index contributed by atoms with van der Waals surface area (Å²) in [6.07, 6.45) is 0. The third kappa shape index (κ3) is 4.21. The van der Waals surface area contributed by atoms with Crippen LogP contribution in [0.25, 0.3) is 0 Å². The summed E-state index contributed by atoms with van der Waals surface area (Å²) >= 11 is 0. The third-order valence-corrected chi connectivity index (χ3v) is 2.81. The van der Waals surface area contributed by atoms with Crippen LogP contribution in [0.5, 0.6) is 0 Å². The van der Waals surface area contributed by atoms with Gasteiger partial charge in [0.05, 0.1) is 15.9 Å². The first kappa shape index (κ1) is 16.5. The molecule has 0 aliphatic carbocycles. The molecule has 1 amide bonds. The van der Waals surface area contributed by atoms with Gasteiger partial charge in [-0.1, -0.05) is 0 Å². The van der Waals surface area contributed by atoms with Crippen molar-refractivity contribution in [3.05, 3.63) is 38.4 Å². The Labute approximate surface area is 121 Å². The maximum absolute atomic E-state index is 11.7. The van der Waals surface area contributed by atoms with E-state index in [-0.39, 0.29) is 23.8 Å². The van der Waals surface area contributed by atoms with Gasteiger partial charge >= 0.3 is 0 Å². The normalized spacial score (nSPS) is 10.5. The lowest BCUT2D eigenvalue weighted by atomic mass is 10.2. The molecule has 114 valence electrons. The highest BCUT2D eigenvalue weighted by Crippen LogP contribution is 2.32. The summed E-state index contributed by atoms with van der Waals surface area (Å²) in [7, 11) is 3.62. The van der Waals surface area contributed by atoms with Crippen LogP contribution in [0, 0.1) is 20.2 Å². The summed E-state index contributed by atoms with van der Waals surface area (Å²) in [5.74, 6) is -0.367. The summed E-state index contributed by atoms with van der Waals surface area (Å²) in [6, 6.07) is 3.24. The fourth-order valence-corrected chi connectivity index (χ4v) is 1.75. The minimum Gasteiger partial charge on any atom is -0.308 e. The van der Waals surface area contributed by atoms with E-state index in [9.17, 15) is 25.0 Å². The van der Waals surface area contributed by atoms with Gasteiger partial charge in [0.2, 0.25) is 5.91 Å². The second kappa shape index (κ2) is 6.75. The number of benzene rings is 1. The van der Waals surface area contributed by atoms with Crippen molar-refractivity contribution in [2.75, 3.05) is 32.1 Å². The van der Waals surface area contributed by atoms with Gasteiger partial charge in [0, 0.05) is 26.1 Å². The van der Waals surface area contributed by atoms with Crippen LogP contribution in [-0.4, -0.2) is 47.8 Å². The molecule has 1 aromatic carbocycles. The molecule has 0 bridgehead atoms. The molecule has 0 fully saturated rings. The molecule has 0 N–H and O–H groups in total. The number of carbonyl (C=O) groups excluding carboxylic acids is 1. The third-order valence-electron chi connectivity index (χ3n) is 2.81. The number of hydrogen-bond donors (Lipinski definition) is 0. The Morgan fingerprint density at radius 1 is 1.14 bits per heavy atom. The number of rotatable bonds is 6. The minimum absolute atomic E-state index is 0.0555. The molecular weight excluding hydrogens is 280 g/mol. The van der Waals surface area contributed by atoms with E-state index in [1.807, 2.05) is 19.0 Å². The van der Waals surface area contributed by atoms with Crippen LogP contribution in [0.4, 0.5) is 17.1 Å². The quantitative estimate of drug-likeness (QED) is 0.580. The number of non-ortho nitro benzene ring substituents is 1. The summed E-state index contributed by atoms with van der Waals surface area (Å²) < 4.78 is 0. The summed E-state index contributed by atoms with van der Waals surface area (Å²) in [5, 5.41) is 21.8. The van der Waals surface area contributed by atoms with Crippen LogP contribution in [0.3, 0.4) is 0 Å². The zero-order chi connectivity index (χ0) is 16.2. The molecular formula is C12H16N4O5. The molecule has 1 rings (SSSR count). The lowest BCUT2D eigenvalue weighted by Gasteiger charge is -2.22. The Hall–Kier alpha value is -2.55. The van der Waals surface area contributed by atoms with Crippen LogP contribution in [-0.2, 0) is 4.79 Å². The summed E-state index contributed by atoms with van der Waals surface area (Å²) in [5.41, 5.74) is -0.792. The molecule has 0 radical (unpaired) electrons. The molecule has 0 heterocycles. The van der Waals surface area contributed by atoms with Gasteiger partial charge in [0.25, 0.3) is 11.4 Å². The van der Waals surface area contributed by atoms with Gasteiger partial charge < -0.3 is 9.80 Å². The molecule has 0 aliphatic heterocycles. The van der Waals surface area contributed by atoms with Gasteiger partial charge in [-0.2, -0.15) is 0 Å². The standard InChI is InChI=1S/C12H16N4O5/c1-9(17)14(7-6-13(2)3)11-5-4-10(15(18)19)8-12(11)16(20)21/h4-5,8H,6-7H2,1-3H3. The molecule has 0 spiro atoms. The Bertz CT molecular complexity index is 573. The van der Waals surface area contributed by atoms with Crippen molar-refractivity contribution in [1.29, 1.82) is 0 Å². The van der Waals surface area contributed by atoms with Gasteiger partial charge in [-0.05, 0) is 20.2 Å². The molecule has 0 aromatic heterocycles. The summed E-state index contributed by atoms with van der Waals surface area (Å²) in [4.78, 5) is 35.1. The molecule has 9 nitrogen and oxygen atoms in total. The first-order valence-electron chi connectivity index (χ1n) is 6.09. The second-order valence-corrected chi connectivity index (χ2v) is 4.66. The Morgan fingerprint density at radius 3 is 2.19 bits per heavy atom. The van der Waals surface area contributed by atoms with Crippen LogP contribution < -0.4 is 4.90 Å². The van der Waals surface area contributed by atoms with Crippen LogP contribution >= 0.6 is 0 Å². The van der Waals surface area contributed by atoms with E-state index in [1.165, 1.54) is 17.9 Å². The minimum atomic E-state index is -0.728. The maximum atomic E-state index is 11.7. The highest BCUT2D eigenvalue weighted by molar-refractivity contribution is 5.94. The lowest BCUT2D eigenvalue weighted by Crippen LogP contribution is -2.35. The van der Waals surface area contributed by atoms with E-state index >= 15 is 0 Å². The number of hydrogen-bond acceptors (Lipinski definition) is 6. The predicted molar refractivity (Wildman–Crippen MR) is 76.3 cm³/mol. The number of likely N-dealkylation sites (N-methyl/N-ethyl adjacent to an activating group) is 1. The lowest BCUT2D eigenvalue weighted by molar-refractivity contribution is -0.393. The molecule has 0 saturated carbocycles. The van der Waals surface area contributed by atoms with Crippen LogP contribution in [0.2, 0.25) is 0 Å². The number of carbonyl (C=O) groups is 1. The van der Waals surface area contributed by atoms with E-state index < -0.39 is 15.5 Å². The van der Waals surface area contributed by atoms with Crippen molar-refractivity contribution in [1.82, 2.24) is 4.90 Å². The molecule has 0 aliphatic rings. The largest absolute Gasteiger partial charge is 0.308 e. The monoisotopic (exact) mass is 296 g/mol. The van der Waals surface area contributed by atoms with E-state index in [2.05, 4.69) is 0 Å². The van der Waals surface area contributed by atoms with Crippen molar-refractivity contribution >= 4 is 23.0 Å². The van der Waals surface area contributed by atoms with Gasteiger partial charge in [0.1, 0.15) is 5.69 Å². The molecule has 0 unspecified atom stereocenters. The number of amides is 1. The average molecular weight is 296 g/mol. The fraction of sp³-hybridized carbons (Fsp3) is 0.417. The van der Waals surface area contributed by atoms with Crippen LogP contribution in [0.1, 0.15) is 6.92 Å². The van der Waals surface area contributed by atoms with E-state index in [1.54, 1.807) is 0 Å². The highest BCUT2D eigenvalue weighted by Gasteiger charge is 2.25. The molecule has 21 heavy (non-hydrogen) atoms. The molecule has 0 atom stereocenters. The van der Waals surface area contributed by atoms with Gasteiger partial charge in [-0.3, -0.25) is 25.0 Å². The molecule has 1 aromatic rings. The van der Waals surface area contributed by atoms with Gasteiger partial charge in [-0.15, -0.1) is 0 Å². The first-order valence-corrected chi connectivity index (χ1v) is 6.09. The average Bonchev–Trinajstić information content (AvgIpc) is 2.37. The van der Waals surface area contributed by atoms with E-state index in [4.69, 9.17) is 0 Å². The van der Waals surface area contributed by atoms with E-state index in [0.29, 0.717) is 6.54 Å². The number of anilines is 1. The Balaban J connectivity index is 3.27. The molecule has 0 saturated heterocycles. The SMILES string of the molecule is CC(=O)N(CCN(C)C)c1ccc([N+](=O)[O-])cc1[N+](=O)[O-]. The van der Waals surface area contributed by atoms with Crippen molar-refractivity contribution in [3.63, 3.8) is 0 Å². The maximum Gasteiger partial charge on any atom is 0.299 e. The summed E-state index contributed by atoms with van der Waals surface area (Å²) in [6.45, 7) is 2.05. The zero-order valence-corrected chi connectivity index (χ0v) is 12.0. The van der Waals surface area contributed by atoms with Crippen molar-refractivity contribution in [3.8, 4) is 0 Å². The number of nitro benzene ring substituents is 2. The molecule has 9 heteroatoms. The fourth-order valence-electron chi connectivity index (χ4n) is 1.75. The van der Waals surface area contributed by atoms with Crippen molar-refractivity contribution in [2.45, 2.75) is 6.92 Å². The number of nitro groups is 2. The van der Waals surface area contributed by atoms with E-state index in [0.717, 1.165) is 12.1 Å². The van der Waals surface area contributed by atoms with Gasteiger partial charge in [0.15, 0.2) is 0 Å². The predicted octanol–water partition coefficient (Wildman–Crippen LogP) is 1.42. The Kier molecular flexibility index (Phi) is 5.30. The Morgan fingerprint density at radius 2 is 1.76 bits per heavy atom. The van der Waals surface area contributed by atoms with Crippen LogP contribution in [0.15, 0.2) is 18.2 Å². The second-order valence-electron chi connectivity index (χ2n) is 4.66. The zero-order valence-electron chi connectivity index (χ0n) is 12.0. The smallest absolute Gasteiger partial charge is 0.299 e. The van der Waals surface area contributed by atoms with Crippen molar-refractivity contribution in [2.24, 2.45) is 0 Å². The highest BCUT2D eigenvalue weighted by atomic mass is 16.6. The van der Waals surface area contributed by atoms with Crippen molar-refractivity contribution < 1.29 is 14.6 Å². The first-order chi connectivity index (χ1) is 9.73. The number of nitrogens with zero attached hydrogens (tertiary/aromatic N) is 4. The topological polar surface area (TPSA) is 110 Å². The van der Waals surface area contributed by atoms with Gasteiger partial charge in [-0.25, -0.2) is 0 Å².